The van der Waals surface area contributed by atoms with Gasteiger partial charge in [-0.25, -0.2) is 9.78 Å². The number of hydrogen-bond acceptors (Lipinski definition) is 6. The predicted octanol–water partition coefficient (Wildman–Crippen LogP) is 1.52. The van der Waals surface area contributed by atoms with Gasteiger partial charge in [0.25, 0.3) is 5.56 Å². The van der Waals surface area contributed by atoms with Crippen LogP contribution in [0.25, 0.3) is 10.2 Å². The zero-order chi connectivity index (χ0) is 17.6. The fraction of sp³-hybridized carbons (Fsp3) is 0.500. The van der Waals surface area contributed by atoms with Gasteiger partial charge in [-0.2, -0.15) is 0 Å². The second-order valence-electron chi connectivity index (χ2n) is 6.22. The normalized spacial score (nSPS) is 17.0. The van der Waals surface area contributed by atoms with Gasteiger partial charge in [0.05, 0.1) is 11.1 Å². The largest absolute Gasteiger partial charge is 0.336 e. The Labute approximate surface area is 152 Å². The Kier molecular flexibility index (Phi) is 4.28. The lowest BCUT2D eigenvalue weighted by Gasteiger charge is -2.13. The number of thiophene rings is 1. The van der Waals surface area contributed by atoms with Crippen molar-refractivity contribution in [3.63, 3.8) is 0 Å². The van der Waals surface area contributed by atoms with Crippen LogP contribution in [-0.2, 0) is 24.7 Å². The predicted molar refractivity (Wildman–Crippen MR) is 97.3 cm³/mol. The molecule has 0 bridgehead atoms. The van der Waals surface area contributed by atoms with Crippen molar-refractivity contribution in [3.05, 3.63) is 20.8 Å². The van der Waals surface area contributed by atoms with Crippen LogP contribution in [0.4, 0.5) is 4.79 Å². The molecule has 0 aromatic carbocycles. The van der Waals surface area contributed by atoms with Crippen molar-refractivity contribution in [3.8, 4) is 0 Å². The Balaban J connectivity index is 1.62. The monoisotopic (exact) mass is 378 g/mol. The van der Waals surface area contributed by atoms with E-state index in [1.165, 1.54) is 31.7 Å². The molecule has 1 aliphatic carbocycles. The number of aromatic nitrogens is 2. The molecule has 4 rings (SSSR count). The standard InChI is InChI=1S/C16H18N4O3S2/c1-19-14(22)12-9-4-2-3-5-10(9)25-13(12)18-16(19)24-8-11(21)20-7-6-17-15(20)23/h2-8H2,1H3,(H,17,23). The molecule has 1 fully saturated rings. The summed E-state index contributed by atoms with van der Waals surface area (Å²) in [6, 6.07) is -0.353. The second-order valence-corrected chi connectivity index (χ2v) is 8.24. The molecule has 0 unspecified atom stereocenters. The number of nitrogens with zero attached hydrogens (tertiary/aromatic N) is 3. The highest BCUT2D eigenvalue weighted by atomic mass is 32.2. The highest BCUT2D eigenvalue weighted by Crippen LogP contribution is 2.34. The van der Waals surface area contributed by atoms with Gasteiger partial charge in [-0.3, -0.25) is 19.1 Å². The maximum atomic E-state index is 12.8. The summed E-state index contributed by atoms with van der Waals surface area (Å²) in [5, 5.41) is 3.87. The first kappa shape index (κ1) is 16.6. The summed E-state index contributed by atoms with van der Waals surface area (Å²) in [7, 11) is 1.69. The fourth-order valence-corrected chi connectivity index (χ4v) is 5.46. The number of carbonyl (C=O) groups is 2. The third kappa shape index (κ3) is 2.85. The average Bonchev–Trinajstić information content (AvgIpc) is 3.19. The van der Waals surface area contributed by atoms with Gasteiger partial charge in [-0.15, -0.1) is 11.3 Å². The van der Waals surface area contributed by atoms with Gasteiger partial charge in [0.1, 0.15) is 4.83 Å². The number of carbonyl (C=O) groups excluding carboxylic acids is 2. The number of rotatable bonds is 3. The van der Waals surface area contributed by atoms with E-state index in [4.69, 9.17) is 0 Å². The number of fused-ring (bicyclic) bond motifs is 3. The topological polar surface area (TPSA) is 84.3 Å². The minimum atomic E-state index is -0.353. The Morgan fingerprint density at radius 2 is 2.12 bits per heavy atom. The van der Waals surface area contributed by atoms with Crippen LogP contribution in [0.3, 0.4) is 0 Å². The van der Waals surface area contributed by atoms with E-state index in [-0.39, 0.29) is 23.3 Å². The van der Waals surface area contributed by atoms with Gasteiger partial charge in [0, 0.05) is 25.0 Å². The summed E-state index contributed by atoms with van der Waals surface area (Å²) in [6.45, 7) is 0.875. The maximum Gasteiger partial charge on any atom is 0.324 e. The molecule has 2 aromatic rings. The van der Waals surface area contributed by atoms with Crippen molar-refractivity contribution in [2.75, 3.05) is 18.8 Å². The fourth-order valence-electron chi connectivity index (χ4n) is 3.31. The Morgan fingerprint density at radius 3 is 2.88 bits per heavy atom. The third-order valence-electron chi connectivity index (χ3n) is 4.64. The summed E-state index contributed by atoms with van der Waals surface area (Å²) in [4.78, 5) is 44.4. The van der Waals surface area contributed by atoms with Gasteiger partial charge in [0.15, 0.2) is 5.16 Å². The lowest BCUT2D eigenvalue weighted by molar-refractivity contribution is -0.124. The molecule has 25 heavy (non-hydrogen) atoms. The second kappa shape index (κ2) is 6.45. The molecule has 1 N–H and O–H groups in total. The minimum Gasteiger partial charge on any atom is -0.336 e. The minimum absolute atomic E-state index is 0.0433. The van der Waals surface area contributed by atoms with E-state index in [0.717, 1.165) is 35.9 Å². The van der Waals surface area contributed by atoms with Crippen LogP contribution in [0.15, 0.2) is 9.95 Å². The van der Waals surface area contributed by atoms with Gasteiger partial charge >= 0.3 is 6.03 Å². The number of urea groups is 1. The van der Waals surface area contributed by atoms with E-state index in [1.807, 2.05) is 0 Å². The van der Waals surface area contributed by atoms with Gasteiger partial charge < -0.3 is 5.32 Å². The number of imide groups is 1. The first-order chi connectivity index (χ1) is 12.1. The number of thioether (sulfide) groups is 1. The molecular weight excluding hydrogens is 360 g/mol. The SMILES string of the molecule is Cn1c(SCC(=O)N2CCNC2=O)nc2sc3c(c2c1=O)CCCC3. The van der Waals surface area contributed by atoms with Crippen molar-refractivity contribution in [1.29, 1.82) is 0 Å². The number of hydrogen-bond donors (Lipinski definition) is 1. The van der Waals surface area contributed by atoms with E-state index in [0.29, 0.717) is 18.2 Å². The van der Waals surface area contributed by atoms with E-state index in [9.17, 15) is 14.4 Å². The zero-order valence-electron chi connectivity index (χ0n) is 13.8. The Hall–Kier alpha value is -1.87. The van der Waals surface area contributed by atoms with Crippen molar-refractivity contribution in [1.82, 2.24) is 19.8 Å². The van der Waals surface area contributed by atoms with Gasteiger partial charge in [-0.05, 0) is 31.2 Å². The van der Waals surface area contributed by atoms with E-state index in [1.54, 1.807) is 18.4 Å². The van der Waals surface area contributed by atoms with Crippen molar-refractivity contribution in [2.45, 2.75) is 30.8 Å². The molecule has 9 heteroatoms. The van der Waals surface area contributed by atoms with Crippen LogP contribution in [0.5, 0.6) is 0 Å². The lowest BCUT2D eigenvalue weighted by atomic mass is 9.97. The molecule has 3 amide bonds. The van der Waals surface area contributed by atoms with Crippen LogP contribution in [-0.4, -0.2) is 45.2 Å². The maximum absolute atomic E-state index is 12.8. The molecular formula is C16H18N4O3S2. The Morgan fingerprint density at radius 1 is 1.32 bits per heavy atom. The first-order valence-corrected chi connectivity index (χ1v) is 10.1. The van der Waals surface area contributed by atoms with Crippen molar-refractivity contribution < 1.29 is 9.59 Å². The van der Waals surface area contributed by atoms with Crippen LogP contribution < -0.4 is 10.9 Å². The average molecular weight is 378 g/mol. The molecule has 7 nitrogen and oxygen atoms in total. The summed E-state index contributed by atoms with van der Waals surface area (Å²) in [5.74, 6) is -0.176. The van der Waals surface area contributed by atoms with Gasteiger partial charge in [0.2, 0.25) is 5.91 Å². The summed E-state index contributed by atoms with van der Waals surface area (Å²) < 4.78 is 1.52. The molecule has 1 saturated heterocycles. The first-order valence-electron chi connectivity index (χ1n) is 8.28. The zero-order valence-corrected chi connectivity index (χ0v) is 15.5. The Bertz CT molecular complexity index is 934. The molecule has 0 saturated carbocycles. The molecule has 132 valence electrons. The van der Waals surface area contributed by atoms with E-state index < -0.39 is 0 Å². The molecule has 0 spiro atoms. The summed E-state index contributed by atoms with van der Waals surface area (Å²) in [6.07, 6.45) is 4.24. The van der Waals surface area contributed by atoms with Crippen molar-refractivity contribution in [2.24, 2.45) is 7.05 Å². The van der Waals surface area contributed by atoms with Crippen LogP contribution >= 0.6 is 23.1 Å². The molecule has 0 radical (unpaired) electrons. The highest BCUT2D eigenvalue weighted by Gasteiger charge is 2.27. The van der Waals surface area contributed by atoms with Gasteiger partial charge in [-0.1, -0.05) is 11.8 Å². The van der Waals surface area contributed by atoms with E-state index in [2.05, 4.69) is 10.3 Å². The number of nitrogens with one attached hydrogen (secondary N) is 1. The third-order valence-corrected chi connectivity index (χ3v) is 6.84. The molecule has 2 aromatic heterocycles. The van der Waals surface area contributed by atoms with E-state index >= 15 is 0 Å². The molecule has 1 aliphatic heterocycles. The molecule has 0 atom stereocenters. The van der Waals surface area contributed by atoms with Crippen molar-refractivity contribution >= 4 is 45.3 Å². The highest BCUT2D eigenvalue weighted by molar-refractivity contribution is 7.99. The van der Waals surface area contributed by atoms with Crippen LogP contribution in [0.1, 0.15) is 23.3 Å². The summed E-state index contributed by atoms with van der Waals surface area (Å²) in [5.41, 5.74) is 1.12. The number of aryl methyl sites for hydroxylation is 2. The van der Waals surface area contributed by atoms with Crippen LogP contribution in [0.2, 0.25) is 0 Å². The number of amides is 3. The quantitative estimate of drug-likeness (QED) is 0.647. The molecule has 3 heterocycles. The smallest absolute Gasteiger partial charge is 0.324 e. The van der Waals surface area contributed by atoms with Crippen LogP contribution in [0, 0.1) is 0 Å². The summed E-state index contributed by atoms with van der Waals surface area (Å²) >= 11 is 2.81. The molecule has 2 aliphatic rings. The lowest BCUT2D eigenvalue weighted by Crippen LogP contribution is -2.35.